The highest BCUT2D eigenvalue weighted by Gasteiger charge is 2.15. The van der Waals surface area contributed by atoms with Gasteiger partial charge in [-0.05, 0) is 44.9 Å². The molecule has 0 radical (unpaired) electrons. The van der Waals surface area contributed by atoms with E-state index in [4.69, 9.17) is 4.74 Å². The Bertz CT molecular complexity index is 674. The molecule has 3 nitrogen and oxygen atoms in total. The lowest BCUT2D eigenvalue weighted by atomic mass is 10.1. The zero-order chi connectivity index (χ0) is 18.2. The smallest absolute Gasteiger partial charge is 0.0642 e. The van der Waals surface area contributed by atoms with Gasteiger partial charge in [0.1, 0.15) is 0 Å². The summed E-state index contributed by atoms with van der Waals surface area (Å²) in [4.78, 5) is 2.39. The van der Waals surface area contributed by atoms with Crippen molar-refractivity contribution in [2.24, 2.45) is 0 Å². The Morgan fingerprint density at radius 3 is 2.36 bits per heavy atom. The molecule has 134 valence electrons. The summed E-state index contributed by atoms with van der Waals surface area (Å²) < 4.78 is 5.47. The van der Waals surface area contributed by atoms with Crippen molar-refractivity contribution in [3.63, 3.8) is 0 Å². The zero-order valence-electron chi connectivity index (χ0n) is 15.9. The molecule has 2 rings (SSSR count). The molecule has 0 spiro atoms. The molecular formula is C22H30N2O. The molecule has 3 heteroatoms. The number of allylic oxidation sites excluding steroid dienone is 5. The van der Waals surface area contributed by atoms with E-state index in [-0.39, 0.29) is 0 Å². The van der Waals surface area contributed by atoms with Crippen molar-refractivity contribution in [2.45, 2.75) is 27.7 Å². The average molecular weight is 338 g/mol. The zero-order valence-corrected chi connectivity index (χ0v) is 15.9. The number of nitrogens with zero attached hydrogens (tertiary/aromatic N) is 1. The number of morpholine rings is 1. The van der Waals surface area contributed by atoms with Gasteiger partial charge in [0.15, 0.2) is 0 Å². The van der Waals surface area contributed by atoms with Crippen molar-refractivity contribution in [1.29, 1.82) is 0 Å². The van der Waals surface area contributed by atoms with E-state index < -0.39 is 0 Å². The maximum atomic E-state index is 5.47. The standard InChI is InChI=1S/C22H30N2O/c1-6-8-22(18(4)19(5)24-13-15-25-16-14-24)23-21(7-2)20-11-9-17(3)10-12-20/h6-12,23H,1,13-16H2,2-5H3/b19-18+,21-7-,22-8+. The highest BCUT2D eigenvalue weighted by atomic mass is 16.5. The van der Waals surface area contributed by atoms with Crippen LogP contribution in [0.25, 0.3) is 5.70 Å². The van der Waals surface area contributed by atoms with Gasteiger partial charge < -0.3 is 15.0 Å². The molecule has 1 aliphatic heterocycles. The summed E-state index contributed by atoms with van der Waals surface area (Å²) in [6.07, 6.45) is 5.98. The third kappa shape index (κ3) is 5.10. The fraction of sp³-hybridized carbons (Fsp3) is 0.364. The molecule has 0 atom stereocenters. The molecule has 1 fully saturated rings. The van der Waals surface area contributed by atoms with Crippen LogP contribution in [-0.4, -0.2) is 31.2 Å². The number of hydrogen-bond acceptors (Lipinski definition) is 3. The maximum absolute atomic E-state index is 5.47. The first kappa shape index (κ1) is 19.1. The number of nitrogens with one attached hydrogen (secondary N) is 1. The first-order valence-corrected chi connectivity index (χ1v) is 8.90. The topological polar surface area (TPSA) is 24.5 Å². The second kappa shape index (κ2) is 9.28. The van der Waals surface area contributed by atoms with Crippen LogP contribution in [-0.2, 0) is 4.74 Å². The van der Waals surface area contributed by atoms with Crippen LogP contribution in [0.15, 0.2) is 66.0 Å². The minimum Gasteiger partial charge on any atom is -0.378 e. The van der Waals surface area contributed by atoms with Gasteiger partial charge >= 0.3 is 0 Å². The van der Waals surface area contributed by atoms with Crippen LogP contribution in [0.2, 0.25) is 0 Å². The molecular weight excluding hydrogens is 308 g/mol. The molecule has 25 heavy (non-hydrogen) atoms. The first-order chi connectivity index (χ1) is 12.1. The van der Waals surface area contributed by atoms with Gasteiger partial charge in [-0.3, -0.25) is 0 Å². The Morgan fingerprint density at radius 2 is 1.80 bits per heavy atom. The fourth-order valence-electron chi connectivity index (χ4n) is 2.90. The van der Waals surface area contributed by atoms with E-state index in [1.54, 1.807) is 0 Å². The quantitative estimate of drug-likeness (QED) is 0.765. The number of ether oxygens (including phenoxy) is 1. The maximum Gasteiger partial charge on any atom is 0.0642 e. The van der Waals surface area contributed by atoms with Crippen molar-refractivity contribution in [2.75, 3.05) is 26.3 Å². The molecule has 0 saturated carbocycles. The Hall–Kier alpha value is -2.26. The summed E-state index contributed by atoms with van der Waals surface area (Å²) in [5.41, 5.74) is 7.13. The number of aryl methyl sites for hydroxylation is 1. The van der Waals surface area contributed by atoms with E-state index in [0.717, 1.165) is 37.7 Å². The predicted octanol–water partition coefficient (Wildman–Crippen LogP) is 4.64. The van der Waals surface area contributed by atoms with Crippen LogP contribution >= 0.6 is 0 Å². The SMILES string of the molecule is C=C/C=C(N/C(=C\C)c1ccc(C)cc1)\C(C)=C(/C)N1CCOCC1. The highest BCUT2D eigenvalue weighted by molar-refractivity contribution is 5.66. The lowest BCUT2D eigenvalue weighted by Crippen LogP contribution is -2.35. The van der Waals surface area contributed by atoms with Crippen LogP contribution in [0, 0.1) is 6.92 Å². The van der Waals surface area contributed by atoms with E-state index >= 15 is 0 Å². The van der Waals surface area contributed by atoms with Crippen molar-refractivity contribution < 1.29 is 4.74 Å². The normalized spacial score (nSPS) is 17.2. The van der Waals surface area contributed by atoms with Gasteiger partial charge in [-0.1, -0.05) is 48.6 Å². The van der Waals surface area contributed by atoms with Crippen molar-refractivity contribution in [1.82, 2.24) is 10.2 Å². The molecule has 0 amide bonds. The second-order valence-electron chi connectivity index (χ2n) is 6.32. The summed E-state index contributed by atoms with van der Waals surface area (Å²) in [5.74, 6) is 0. The predicted molar refractivity (Wildman–Crippen MR) is 107 cm³/mol. The molecule has 1 N–H and O–H groups in total. The summed E-state index contributed by atoms with van der Waals surface area (Å²) in [7, 11) is 0. The molecule has 1 aromatic rings. The van der Waals surface area contributed by atoms with Gasteiger partial charge in [-0.15, -0.1) is 0 Å². The Balaban J connectivity index is 2.26. The molecule has 1 heterocycles. The third-order valence-corrected chi connectivity index (χ3v) is 4.64. The molecule has 0 unspecified atom stereocenters. The largest absolute Gasteiger partial charge is 0.378 e. The minimum absolute atomic E-state index is 0.794. The van der Waals surface area contributed by atoms with Gasteiger partial charge in [-0.2, -0.15) is 0 Å². The van der Waals surface area contributed by atoms with Crippen molar-refractivity contribution in [3.05, 3.63) is 77.2 Å². The third-order valence-electron chi connectivity index (χ3n) is 4.64. The molecule has 0 bridgehead atoms. The second-order valence-corrected chi connectivity index (χ2v) is 6.32. The van der Waals surface area contributed by atoms with Crippen LogP contribution in [0.1, 0.15) is 31.9 Å². The molecule has 1 aliphatic rings. The molecule has 0 aliphatic carbocycles. The molecule has 0 aromatic heterocycles. The lowest BCUT2D eigenvalue weighted by molar-refractivity contribution is 0.0533. The monoisotopic (exact) mass is 338 g/mol. The summed E-state index contributed by atoms with van der Waals surface area (Å²) in [5, 5.41) is 3.60. The van der Waals surface area contributed by atoms with E-state index in [1.807, 2.05) is 12.2 Å². The van der Waals surface area contributed by atoms with Crippen LogP contribution in [0.5, 0.6) is 0 Å². The Morgan fingerprint density at radius 1 is 1.16 bits per heavy atom. The van der Waals surface area contributed by atoms with E-state index in [9.17, 15) is 0 Å². The van der Waals surface area contributed by atoms with Crippen LogP contribution < -0.4 is 5.32 Å². The summed E-state index contributed by atoms with van der Waals surface area (Å²) >= 11 is 0. The van der Waals surface area contributed by atoms with Crippen molar-refractivity contribution >= 4 is 5.70 Å². The van der Waals surface area contributed by atoms with Crippen molar-refractivity contribution in [3.8, 4) is 0 Å². The Labute approximate surface area is 152 Å². The Kier molecular flexibility index (Phi) is 7.08. The molecule has 1 aromatic carbocycles. The van der Waals surface area contributed by atoms with Gasteiger partial charge in [0.25, 0.3) is 0 Å². The number of hydrogen-bond donors (Lipinski definition) is 1. The van der Waals surface area contributed by atoms with Gasteiger partial charge in [-0.25, -0.2) is 0 Å². The number of benzene rings is 1. The van der Waals surface area contributed by atoms with E-state index in [0.29, 0.717) is 0 Å². The average Bonchev–Trinajstić information content (AvgIpc) is 2.65. The van der Waals surface area contributed by atoms with Crippen LogP contribution in [0.4, 0.5) is 0 Å². The summed E-state index contributed by atoms with van der Waals surface area (Å²) in [6.45, 7) is 15.9. The molecule has 1 saturated heterocycles. The first-order valence-electron chi connectivity index (χ1n) is 8.90. The number of rotatable bonds is 6. The highest BCUT2D eigenvalue weighted by Crippen LogP contribution is 2.21. The van der Waals surface area contributed by atoms with Gasteiger partial charge in [0.2, 0.25) is 0 Å². The van der Waals surface area contributed by atoms with E-state index in [2.05, 4.69) is 74.8 Å². The fourth-order valence-corrected chi connectivity index (χ4v) is 2.90. The van der Waals surface area contributed by atoms with Gasteiger partial charge in [0.05, 0.1) is 13.2 Å². The van der Waals surface area contributed by atoms with Crippen LogP contribution in [0.3, 0.4) is 0 Å². The summed E-state index contributed by atoms with van der Waals surface area (Å²) in [6, 6.07) is 8.58. The van der Waals surface area contributed by atoms with E-state index in [1.165, 1.54) is 22.4 Å². The lowest BCUT2D eigenvalue weighted by Gasteiger charge is -2.31. The minimum atomic E-state index is 0.794. The van der Waals surface area contributed by atoms with Gasteiger partial charge in [0, 0.05) is 30.2 Å².